The second-order valence-electron chi connectivity index (χ2n) is 7.98. The van der Waals surface area contributed by atoms with Crippen molar-refractivity contribution in [3.8, 4) is 0 Å². The monoisotopic (exact) mass is 454 g/mol. The molecule has 0 aliphatic rings. The Kier molecular flexibility index (Phi) is 7.98. The van der Waals surface area contributed by atoms with Gasteiger partial charge in [0.05, 0.1) is 6.42 Å². The molecule has 0 aromatic heterocycles. The smallest absolute Gasteiger partial charge is 0.242 e. The second-order valence-corrected chi connectivity index (χ2v) is 9.26. The Bertz CT molecular complexity index is 894. The van der Waals surface area contributed by atoms with Crippen LogP contribution in [0, 0.1) is 0 Å². The Morgan fingerprint density at radius 3 is 2.28 bits per heavy atom. The highest BCUT2D eigenvalue weighted by Crippen LogP contribution is 2.23. The van der Waals surface area contributed by atoms with Crippen LogP contribution in [0.5, 0.6) is 0 Å². The minimum Gasteiger partial charge on any atom is -0.350 e. The molecule has 0 fully saturated rings. The zero-order chi connectivity index (χ0) is 21.8. The summed E-state index contributed by atoms with van der Waals surface area (Å²) in [4.78, 5) is 27.5. The summed E-state index contributed by atoms with van der Waals surface area (Å²) in [5.74, 6) is -0.444. The van der Waals surface area contributed by atoms with Crippen LogP contribution >= 0.6 is 34.8 Å². The van der Waals surface area contributed by atoms with Crippen molar-refractivity contribution in [1.29, 1.82) is 0 Å². The van der Waals surface area contributed by atoms with E-state index in [0.29, 0.717) is 20.6 Å². The molecule has 0 aliphatic heterocycles. The molecule has 0 saturated carbocycles. The van der Waals surface area contributed by atoms with Crippen LogP contribution in [-0.4, -0.2) is 28.3 Å². The Hall–Kier alpha value is -1.75. The van der Waals surface area contributed by atoms with Crippen LogP contribution in [0.3, 0.4) is 0 Å². The van der Waals surface area contributed by atoms with E-state index in [-0.39, 0.29) is 24.8 Å². The van der Waals surface area contributed by atoms with Crippen molar-refractivity contribution in [2.45, 2.75) is 52.2 Å². The van der Waals surface area contributed by atoms with E-state index in [2.05, 4.69) is 5.32 Å². The molecule has 4 nitrogen and oxygen atoms in total. The van der Waals surface area contributed by atoms with Crippen molar-refractivity contribution in [3.63, 3.8) is 0 Å². The van der Waals surface area contributed by atoms with Gasteiger partial charge in [-0.15, -0.1) is 0 Å². The van der Waals surface area contributed by atoms with Gasteiger partial charge in [0.25, 0.3) is 0 Å². The summed E-state index contributed by atoms with van der Waals surface area (Å²) in [7, 11) is 0. The van der Waals surface area contributed by atoms with E-state index in [1.807, 2.05) is 32.9 Å². The SMILES string of the molecule is CC(C(=O)NC(C)(C)C)N(Cc1cccc(Cl)c1)C(=O)Cc1ccc(Cl)cc1Cl. The highest BCUT2D eigenvalue weighted by atomic mass is 35.5. The van der Waals surface area contributed by atoms with Crippen molar-refractivity contribution in [1.82, 2.24) is 10.2 Å². The lowest BCUT2D eigenvalue weighted by molar-refractivity contribution is -0.140. The molecule has 0 aliphatic carbocycles. The average molecular weight is 456 g/mol. The van der Waals surface area contributed by atoms with Crippen molar-refractivity contribution >= 4 is 46.6 Å². The molecule has 1 N–H and O–H groups in total. The number of carbonyl (C=O) groups is 2. The molecule has 0 radical (unpaired) electrons. The number of hydrogen-bond donors (Lipinski definition) is 1. The number of benzene rings is 2. The highest BCUT2D eigenvalue weighted by molar-refractivity contribution is 6.35. The lowest BCUT2D eigenvalue weighted by Crippen LogP contribution is -2.52. The first kappa shape index (κ1) is 23.5. The zero-order valence-corrected chi connectivity index (χ0v) is 19.2. The van der Waals surface area contributed by atoms with Gasteiger partial charge in [0.15, 0.2) is 0 Å². The van der Waals surface area contributed by atoms with Gasteiger partial charge < -0.3 is 10.2 Å². The Labute approximate surface area is 187 Å². The number of hydrogen-bond acceptors (Lipinski definition) is 2. The molecular weight excluding hydrogens is 431 g/mol. The fourth-order valence-corrected chi connectivity index (χ4v) is 3.51. The van der Waals surface area contributed by atoms with Crippen molar-refractivity contribution < 1.29 is 9.59 Å². The first-order chi connectivity index (χ1) is 13.5. The van der Waals surface area contributed by atoms with Crippen LogP contribution < -0.4 is 5.32 Å². The van der Waals surface area contributed by atoms with Gasteiger partial charge in [-0.05, 0) is 63.1 Å². The van der Waals surface area contributed by atoms with Gasteiger partial charge in [0, 0.05) is 27.2 Å². The molecule has 0 saturated heterocycles. The van der Waals surface area contributed by atoms with Crippen LogP contribution in [0.15, 0.2) is 42.5 Å². The largest absolute Gasteiger partial charge is 0.350 e. The summed E-state index contributed by atoms with van der Waals surface area (Å²) < 4.78 is 0. The third kappa shape index (κ3) is 7.22. The van der Waals surface area contributed by atoms with Gasteiger partial charge in [-0.1, -0.05) is 53.0 Å². The predicted octanol–water partition coefficient (Wildman–Crippen LogP) is 5.52. The molecule has 2 rings (SSSR count). The molecular formula is C22H25Cl3N2O2. The van der Waals surface area contributed by atoms with Crippen LogP contribution in [0.25, 0.3) is 0 Å². The number of amides is 2. The Balaban J connectivity index is 2.29. The molecule has 7 heteroatoms. The summed E-state index contributed by atoms with van der Waals surface area (Å²) in [5.41, 5.74) is 1.08. The van der Waals surface area contributed by atoms with Crippen LogP contribution in [0.2, 0.25) is 15.1 Å². The predicted molar refractivity (Wildman–Crippen MR) is 120 cm³/mol. The first-order valence-corrected chi connectivity index (χ1v) is 10.4. The van der Waals surface area contributed by atoms with Crippen LogP contribution in [0.4, 0.5) is 0 Å². The highest BCUT2D eigenvalue weighted by Gasteiger charge is 2.28. The fraction of sp³-hybridized carbons (Fsp3) is 0.364. The lowest BCUT2D eigenvalue weighted by atomic mass is 10.1. The Morgan fingerprint density at radius 1 is 1.03 bits per heavy atom. The summed E-state index contributed by atoms with van der Waals surface area (Å²) in [6.45, 7) is 7.66. The van der Waals surface area contributed by atoms with Gasteiger partial charge in [-0.25, -0.2) is 0 Å². The molecule has 0 bridgehead atoms. The summed E-state index contributed by atoms with van der Waals surface area (Å²) >= 11 is 18.3. The lowest BCUT2D eigenvalue weighted by Gasteiger charge is -2.31. The minimum atomic E-state index is -0.674. The van der Waals surface area contributed by atoms with Gasteiger partial charge in [-0.3, -0.25) is 9.59 Å². The van der Waals surface area contributed by atoms with E-state index in [0.717, 1.165) is 5.56 Å². The topological polar surface area (TPSA) is 49.4 Å². The minimum absolute atomic E-state index is 0.0592. The number of rotatable bonds is 6. The normalized spacial score (nSPS) is 12.4. The number of nitrogens with zero attached hydrogens (tertiary/aromatic N) is 1. The van der Waals surface area contributed by atoms with Gasteiger partial charge in [0.2, 0.25) is 11.8 Å². The summed E-state index contributed by atoms with van der Waals surface area (Å²) in [6, 6.07) is 11.6. The van der Waals surface area contributed by atoms with Crippen molar-refractivity contribution in [2.75, 3.05) is 0 Å². The molecule has 2 aromatic rings. The molecule has 0 heterocycles. The maximum Gasteiger partial charge on any atom is 0.242 e. The van der Waals surface area contributed by atoms with Gasteiger partial charge >= 0.3 is 0 Å². The summed E-state index contributed by atoms with van der Waals surface area (Å²) in [6.07, 6.45) is 0.0592. The average Bonchev–Trinajstić information content (AvgIpc) is 2.60. The molecule has 2 amide bonds. The molecule has 29 heavy (non-hydrogen) atoms. The third-order valence-corrected chi connectivity index (χ3v) is 5.09. The van der Waals surface area contributed by atoms with Crippen molar-refractivity contribution in [3.05, 3.63) is 68.7 Å². The van der Waals surface area contributed by atoms with E-state index in [1.165, 1.54) is 4.90 Å². The van der Waals surface area contributed by atoms with Crippen molar-refractivity contribution in [2.24, 2.45) is 0 Å². The Morgan fingerprint density at radius 2 is 1.69 bits per heavy atom. The van der Waals surface area contributed by atoms with Gasteiger partial charge in [0.1, 0.15) is 6.04 Å². The van der Waals surface area contributed by atoms with Gasteiger partial charge in [-0.2, -0.15) is 0 Å². The molecule has 0 spiro atoms. The molecule has 1 atom stereocenters. The maximum absolute atomic E-state index is 13.2. The van der Waals surface area contributed by atoms with E-state index < -0.39 is 11.6 Å². The van der Waals surface area contributed by atoms with Crippen LogP contribution in [-0.2, 0) is 22.6 Å². The summed E-state index contributed by atoms with van der Waals surface area (Å²) in [5, 5.41) is 4.42. The van der Waals surface area contributed by atoms with E-state index >= 15 is 0 Å². The molecule has 2 aromatic carbocycles. The van der Waals surface area contributed by atoms with E-state index in [9.17, 15) is 9.59 Å². The quantitative estimate of drug-likeness (QED) is 0.623. The third-order valence-electron chi connectivity index (χ3n) is 4.26. The fourth-order valence-electron chi connectivity index (χ4n) is 2.82. The van der Waals surface area contributed by atoms with E-state index in [4.69, 9.17) is 34.8 Å². The maximum atomic E-state index is 13.2. The molecule has 1 unspecified atom stereocenters. The molecule has 156 valence electrons. The number of carbonyl (C=O) groups excluding carboxylic acids is 2. The van der Waals surface area contributed by atoms with E-state index in [1.54, 1.807) is 37.3 Å². The number of nitrogens with one attached hydrogen (secondary N) is 1. The first-order valence-electron chi connectivity index (χ1n) is 9.26. The number of halogens is 3. The standard InChI is InChI=1S/C22H25Cl3N2O2/c1-14(21(29)26-22(2,3)4)27(13-15-6-5-7-17(23)10-15)20(28)11-16-8-9-18(24)12-19(16)25/h5-10,12,14H,11,13H2,1-4H3,(H,26,29). The van der Waals surface area contributed by atoms with Crippen LogP contribution in [0.1, 0.15) is 38.8 Å². The zero-order valence-electron chi connectivity index (χ0n) is 16.9. The second kappa shape index (κ2) is 9.84.